The number of hydrogen-bond donors (Lipinski definition) is 0. The Morgan fingerprint density at radius 3 is 2.37 bits per heavy atom. The maximum atomic E-state index is 12.3. The molecule has 1 fully saturated rings. The predicted octanol–water partition coefficient (Wildman–Crippen LogP) is 1.66. The number of nitrogens with zero attached hydrogens (tertiary/aromatic N) is 2. The van der Waals surface area contributed by atoms with Gasteiger partial charge >= 0.3 is 0 Å². The van der Waals surface area contributed by atoms with Crippen molar-refractivity contribution in [3.05, 3.63) is 35.9 Å². The first-order chi connectivity index (χ1) is 9.17. The van der Waals surface area contributed by atoms with Crippen LogP contribution in [-0.4, -0.2) is 40.7 Å². The third-order valence-corrected chi connectivity index (χ3v) is 3.66. The summed E-state index contributed by atoms with van der Waals surface area (Å²) in [5.41, 5.74) is 0.990. The first-order valence-electron chi connectivity index (χ1n) is 6.79. The third-order valence-electron chi connectivity index (χ3n) is 3.66. The smallest absolute Gasteiger partial charge is 0.247 e. The quantitative estimate of drug-likeness (QED) is 0.756. The van der Waals surface area contributed by atoms with E-state index in [-0.39, 0.29) is 17.9 Å². The number of likely N-dealkylation sites (N-methyl/N-ethyl adjacent to an activating group) is 1. The van der Waals surface area contributed by atoms with Crippen molar-refractivity contribution in [2.45, 2.75) is 32.9 Å². The molecule has 1 atom stereocenters. The monoisotopic (exact) mass is 260 g/mol. The van der Waals surface area contributed by atoms with Crippen LogP contribution in [0.15, 0.2) is 30.3 Å². The zero-order valence-corrected chi connectivity index (χ0v) is 11.5. The number of imide groups is 1. The number of carbonyl (C=O) groups is 2. The second-order valence-electron chi connectivity index (χ2n) is 4.74. The lowest BCUT2D eigenvalue weighted by Gasteiger charge is -2.24. The van der Waals surface area contributed by atoms with Crippen molar-refractivity contribution in [2.24, 2.45) is 0 Å². The van der Waals surface area contributed by atoms with Gasteiger partial charge < -0.3 is 0 Å². The molecular formula is C15H20N2O2. The molecule has 2 amide bonds. The lowest BCUT2D eigenvalue weighted by molar-refractivity contribution is -0.140. The molecule has 0 N–H and O–H groups in total. The van der Waals surface area contributed by atoms with Crippen molar-refractivity contribution < 1.29 is 9.59 Å². The second kappa shape index (κ2) is 5.97. The molecule has 0 radical (unpaired) electrons. The summed E-state index contributed by atoms with van der Waals surface area (Å²) in [6.45, 7) is 6.00. The summed E-state index contributed by atoms with van der Waals surface area (Å²) in [6, 6.07) is 9.36. The lowest BCUT2D eigenvalue weighted by Crippen LogP contribution is -2.41. The van der Waals surface area contributed by atoms with Crippen LogP contribution in [0.5, 0.6) is 0 Å². The predicted molar refractivity (Wildman–Crippen MR) is 73.3 cm³/mol. The minimum atomic E-state index is -0.272. The van der Waals surface area contributed by atoms with Gasteiger partial charge in [0.25, 0.3) is 0 Å². The molecular weight excluding hydrogens is 240 g/mol. The summed E-state index contributed by atoms with van der Waals surface area (Å²) in [7, 11) is 0. The van der Waals surface area contributed by atoms with Crippen LogP contribution in [0.1, 0.15) is 25.8 Å². The number of likely N-dealkylation sites (tertiary alicyclic amines) is 1. The van der Waals surface area contributed by atoms with E-state index < -0.39 is 0 Å². The van der Waals surface area contributed by atoms with Crippen molar-refractivity contribution >= 4 is 11.8 Å². The van der Waals surface area contributed by atoms with Gasteiger partial charge in [0.2, 0.25) is 11.8 Å². The van der Waals surface area contributed by atoms with E-state index in [1.54, 1.807) is 0 Å². The van der Waals surface area contributed by atoms with Crippen LogP contribution in [0.25, 0.3) is 0 Å². The molecule has 1 aliphatic rings. The van der Waals surface area contributed by atoms with Gasteiger partial charge in [0, 0.05) is 0 Å². The molecule has 19 heavy (non-hydrogen) atoms. The Kier molecular flexibility index (Phi) is 4.32. The van der Waals surface area contributed by atoms with Crippen LogP contribution in [0.2, 0.25) is 0 Å². The number of rotatable bonds is 5. The van der Waals surface area contributed by atoms with Gasteiger partial charge in [-0.1, -0.05) is 44.2 Å². The fourth-order valence-corrected chi connectivity index (χ4v) is 2.55. The van der Waals surface area contributed by atoms with Gasteiger partial charge in [-0.3, -0.25) is 19.4 Å². The first-order valence-corrected chi connectivity index (χ1v) is 6.79. The molecule has 0 saturated carbocycles. The van der Waals surface area contributed by atoms with Gasteiger partial charge in [0.1, 0.15) is 0 Å². The standard InChI is InChI=1S/C15H20N2O2/c1-3-16(4-2)13-10-14(18)17(15(13)19)11-12-8-6-5-7-9-12/h5-9,13H,3-4,10-11H2,1-2H3/t13-/m1/s1. The van der Waals surface area contributed by atoms with Crippen LogP contribution < -0.4 is 0 Å². The average molecular weight is 260 g/mol. The molecule has 2 rings (SSSR count). The van der Waals surface area contributed by atoms with Crippen LogP contribution in [-0.2, 0) is 16.1 Å². The molecule has 0 spiro atoms. The Balaban J connectivity index is 2.11. The maximum Gasteiger partial charge on any atom is 0.247 e. The van der Waals surface area contributed by atoms with Crippen LogP contribution in [0.4, 0.5) is 0 Å². The number of carbonyl (C=O) groups excluding carboxylic acids is 2. The summed E-state index contributed by atoms with van der Waals surface area (Å²) >= 11 is 0. The van der Waals surface area contributed by atoms with E-state index in [9.17, 15) is 9.59 Å². The van der Waals surface area contributed by atoms with Crippen molar-refractivity contribution in [1.29, 1.82) is 0 Å². The van der Waals surface area contributed by atoms with Gasteiger partial charge in [0.15, 0.2) is 0 Å². The highest BCUT2D eigenvalue weighted by Crippen LogP contribution is 2.20. The molecule has 1 heterocycles. The summed E-state index contributed by atoms with van der Waals surface area (Å²) in [5, 5.41) is 0. The van der Waals surface area contributed by atoms with E-state index >= 15 is 0 Å². The first kappa shape index (κ1) is 13.7. The molecule has 0 aliphatic carbocycles. The molecule has 1 aliphatic heterocycles. The summed E-state index contributed by atoms with van der Waals surface area (Å²) in [6.07, 6.45) is 0.313. The molecule has 4 nitrogen and oxygen atoms in total. The van der Waals surface area contributed by atoms with Crippen LogP contribution in [0.3, 0.4) is 0 Å². The lowest BCUT2D eigenvalue weighted by atomic mass is 10.2. The average Bonchev–Trinajstić information content (AvgIpc) is 2.70. The highest BCUT2D eigenvalue weighted by Gasteiger charge is 2.40. The highest BCUT2D eigenvalue weighted by molar-refractivity contribution is 6.05. The fraction of sp³-hybridized carbons (Fsp3) is 0.467. The van der Waals surface area contributed by atoms with E-state index in [4.69, 9.17) is 0 Å². The highest BCUT2D eigenvalue weighted by atomic mass is 16.2. The van der Waals surface area contributed by atoms with Crippen molar-refractivity contribution in [3.63, 3.8) is 0 Å². The Morgan fingerprint density at radius 1 is 1.16 bits per heavy atom. The molecule has 0 bridgehead atoms. The molecule has 0 unspecified atom stereocenters. The van der Waals surface area contributed by atoms with Crippen LogP contribution >= 0.6 is 0 Å². The minimum Gasteiger partial charge on any atom is -0.292 e. The van der Waals surface area contributed by atoms with Crippen LogP contribution in [0, 0.1) is 0 Å². The summed E-state index contributed by atoms with van der Waals surface area (Å²) < 4.78 is 0. The van der Waals surface area contributed by atoms with E-state index in [0.717, 1.165) is 18.7 Å². The van der Waals surface area contributed by atoms with Gasteiger partial charge in [-0.15, -0.1) is 0 Å². The Hall–Kier alpha value is -1.68. The van der Waals surface area contributed by atoms with Gasteiger partial charge in [-0.05, 0) is 18.7 Å². The molecule has 1 aromatic rings. The Bertz CT molecular complexity index is 454. The normalized spacial score (nSPS) is 19.5. The topological polar surface area (TPSA) is 40.6 Å². The number of benzene rings is 1. The summed E-state index contributed by atoms with van der Waals surface area (Å²) in [5.74, 6) is -0.122. The van der Waals surface area contributed by atoms with E-state index in [1.807, 2.05) is 49.1 Å². The number of amides is 2. The molecule has 4 heteroatoms. The van der Waals surface area contributed by atoms with E-state index in [0.29, 0.717) is 13.0 Å². The van der Waals surface area contributed by atoms with Crippen molar-refractivity contribution in [1.82, 2.24) is 9.80 Å². The fourth-order valence-electron chi connectivity index (χ4n) is 2.55. The van der Waals surface area contributed by atoms with E-state index in [2.05, 4.69) is 0 Å². The van der Waals surface area contributed by atoms with Crippen molar-refractivity contribution in [2.75, 3.05) is 13.1 Å². The Labute approximate surface area is 114 Å². The van der Waals surface area contributed by atoms with Gasteiger partial charge in [0.05, 0.1) is 19.0 Å². The number of hydrogen-bond acceptors (Lipinski definition) is 3. The zero-order chi connectivity index (χ0) is 13.8. The van der Waals surface area contributed by atoms with Crippen molar-refractivity contribution in [3.8, 4) is 0 Å². The maximum absolute atomic E-state index is 12.3. The van der Waals surface area contributed by atoms with Gasteiger partial charge in [-0.25, -0.2) is 0 Å². The third kappa shape index (κ3) is 2.84. The van der Waals surface area contributed by atoms with Gasteiger partial charge in [-0.2, -0.15) is 0 Å². The second-order valence-corrected chi connectivity index (χ2v) is 4.74. The summed E-state index contributed by atoms with van der Waals surface area (Å²) in [4.78, 5) is 27.8. The zero-order valence-electron chi connectivity index (χ0n) is 11.5. The van der Waals surface area contributed by atoms with E-state index in [1.165, 1.54) is 4.90 Å². The molecule has 1 saturated heterocycles. The Morgan fingerprint density at radius 2 is 1.79 bits per heavy atom. The SMILES string of the molecule is CCN(CC)[C@@H]1CC(=O)N(Cc2ccccc2)C1=O. The largest absolute Gasteiger partial charge is 0.292 e. The molecule has 102 valence electrons. The molecule has 0 aromatic heterocycles. The molecule has 1 aromatic carbocycles. The minimum absolute atomic E-state index is 0.0578.